The molecule has 2 nitrogen and oxygen atoms in total. The van der Waals surface area contributed by atoms with Crippen LogP contribution in [0.2, 0.25) is 0 Å². The van der Waals surface area contributed by atoms with Crippen LogP contribution in [-0.4, -0.2) is 10.1 Å². The standard InChI is InChI=1S/C5H12N2S2/c1-4(2)3-9-5(8)7-6/h4H,3,6H2,1-2H3,(H,7,8). The second-order valence-corrected chi connectivity index (χ2v) is 3.83. The summed E-state index contributed by atoms with van der Waals surface area (Å²) in [5.74, 6) is 6.74. The molecule has 0 heterocycles. The van der Waals surface area contributed by atoms with E-state index in [4.69, 9.17) is 18.1 Å². The van der Waals surface area contributed by atoms with Crippen LogP contribution >= 0.6 is 24.0 Å². The van der Waals surface area contributed by atoms with E-state index in [0.717, 1.165) is 5.75 Å². The summed E-state index contributed by atoms with van der Waals surface area (Å²) in [7, 11) is 0. The van der Waals surface area contributed by atoms with Gasteiger partial charge in [-0.1, -0.05) is 37.8 Å². The molecule has 9 heavy (non-hydrogen) atoms. The monoisotopic (exact) mass is 164 g/mol. The van der Waals surface area contributed by atoms with Gasteiger partial charge in [-0.3, -0.25) is 0 Å². The second-order valence-electron chi connectivity index (χ2n) is 2.14. The summed E-state index contributed by atoms with van der Waals surface area (Å²) in [6.45, 7) is 4.29. The van der Waals surface area contributed by atoms with E-state index in [1.54, 1.807) is 11.8 Å². The third-order valence-electron chi connectivity index (χ3n) is 0.666. The SMILES string of the molecule is CC(C)CSC(=S)NN. The lowest BCUT2D eigenvalue weighted by Crippen LogP contribution is -2.26. The number of hydrazine groups is 1. The van der Waals surface area contributed by atoms with Gasteiger partial charge in [0.15, 0.2) is 0 Å². The van der Waals surface area contributed by atoms with E-state index >= 15 is 0 Å². The third kappa shape index (κ3) is 6.08. The van der Waals surface area contributed by atoms with Gasteiger partial charge in [0, 0.05) is 5.75 Å². The fraction of sp³-hybridized carbons (Fsp3) is 0.800. The Bertz CT molecular complexity index is 93.0. The summed E-state index contributed by atoms with van der Waals surface area (Å²) in [4.78, 5) is 0. The first-order valence-corrected chi connectivity index (χ1v) is 4.19. The molecule has 0 amide bonds. The van der Waals surface area contributed by atoms with Crippen LogP contribution in [0.5, 0.6) is 0 Å². The van der Waals surface area contributed by atoms with Gasteiger partial charge in [-0.2, -0.15) is 0 Å². The Morgan fingerprint density at radius 1 is 1.78 bits per heavy atom. The van der Waals surface area contributed by atoms with E-state index in [9.17, 15) is 0 Å². The van der Waals surface area contributed by atoms with Crippen molar-refractivity contribution in [1.29, 1.82) is 0 Å². The normalized spacial score (nSPS) is 9.78. The van der Waals surface area contributed by atoms with Gasteiger partial charge in [-0.25, -0.2) is 5.84 Å². The molecule has 0 rings (SSSR count). The van der Waals surface area contributed by atoms with Crippen LogP contribution in [0.25, 0.3) is 0 Å². The van der Waals surface area contributed by atoms with Crippen molar-refractivity contribution in [3.8, 4) is 0 Å². The van der Waals surface area contributed by atoms with E-state index in [-0.39, 0.29) is 0 Å². The van der Waals surface area contributed by atoms with Crippen LogP contribution in [-0.2, 0) is 0 Å². The zero-order valence-corrected chi connectivity index (χ0v) is 7.31. The molecule has 4 heteroatoms. The van der Waals surface area contributed by atoms with Crippen LogP contribution in [0.3, 0.4) is 0 Å². The molecular formula is C5H12N2S2. The second kappa shape index (κ2) is 5.02. The first-order chi connectivity index (χ1) is 4.16. The molecule has 0 aromatic carbocycles. The molecule has 0 atom stereocenters. The molecule has 0 aliphatic heterocycles. The highest BCUT2D eigenvalue weighted by molar-refractivity contribution is 8.22. The van der Waals surface area contributed by atoms with Gasteiger partial charge < -0.3 is 5.43 Å². The van der Waals surface area contributed by atoms with Crippen molar-refractivity contribution in [2.75, 3.05) is 5.75 Å². The van der Waals surface area contributed by atoms with Gasteiger partial charge in [-0.15, -0.1) is 0 Å². The topological polar surface area (TPSA) is 38.0 Å². The van der Waals surface area contributed by atoms with Gasteiger partial charge in [0.25, 0.3) is 0 Å². The largest absolute Gasteiger partial charge is 0.309 e. The van der Waals surface area contributed by atoms with E-state index in [0.29, 0.717) is 10.2 Å². The molecule has 0 spiro atoms. The third-order valence-corrected chi connectivity index (χ3v) is 2.35. The molecule has 54 valence electrons. The minimum absolute atomic E-state index is 0.668. The molecular weight excluding hydrogens is 152 g/mol. The Kier molecular flexibility index (Phi) is 5.13. The average molecular weight is 164 g/mol. The van der Waals surface area contributed by atoms with Crippen LogP contribution < -0.4 is 11.3 Å². The maximum atomic E-state index is 5.05. The van der Waals surface area contributed by atoms with Crippen molar-refractivity contribution < 1.29 is 0 Å². The molecule has 0 bridgehead atoms. The minimum Gasteiger partial charge on any atom is -0.309 e. The number of hydrogen-bond donors (Lipinski definition) is 2. The Morgan fingerprint density at radius 3 is 2.67 bits per heavy atom. The van der Waals surface area contributed by atoms with E-state index in [1.807, 2.05) is 0 Å². The summed E-state index contributed by atoms with van der Waals surface area (Å²) in [6.07, 6.45) is 0. The van der Waals surface area contributed by atoms with Crippen molar-refractivity contribution in [3.63, 3.8) is 0 Å². The van der Waals surface area contributed by atoms with Gasteiger partial charge >= 0.3 is 0 Å². The first kappa shape index (κ1) is 9.20. The Hall–Kier alpha value is 0.200. The summed E-state index contributed by atoms with van der Waals surface area (Å²) in [5, 5.41) is 0. The number of rotatable bonds is 2. The highest BCUT2D eigenvalue weighted by Gasteiger charge is 1.96. The highest BCUT2D eigenvalue weighted by atomic mass is 32.2. The quantitative estimate of drug-likeness (QED) is 0.364. The van der Waals surface area contributed by atoms with Gasteiger partial charge in [0.05, 0.1) is 0 Å². The minimum atomic E-state index is 0.668. The lowest BCUT2D eigenvalue weighted by atomic mass is 10.3. The van der Waals surface area contributed by atoms with Crippen molar-refractivity contribution in [2.45, 2.75) is 13.8 Å². The van der Waals surface area contributed by atoms with Crippen LogP contribution in [0.4, 0.5) is 0 Å². The van der Waals surface area contributed by atoms with Crippen molar-refractivity contribution in [1.82, 2.24) is 5.43 Å². The van der Waals surface area contributed by atoms with E-state index in [2.05, 4.69) is 19.3 Å². The molecule has 0 unspecified atom stereocenters. The number of thiocarbonyl (C=S) groups is 1. The summed E-state index contributed by atoms with van der Waals surface area (Å²) >= 11 is 6.38. The zero-order valence-electron chi connectivity index (χ0n) is 5.68. The molecule has 0 aromatic rings. The lowest BCUT2D eigenvalue weighted by molar-refractivity contribution is 0.752. The molecule has 0 saturated heterocycles. The summed E-state index contributed by atoms with van der Waals surface area (Å²) in [5.41, 5.74) is 2.41. The maximum Gasteiger partial charge on any atom is 0.147 e. The number of nitrogens with one attached hydrogen (secondary N) is 1. The zero-order chi connectivity index (χ0) is 7.28. The van der Waals surface area contributed by atoms with E-state index in [1.165, 1.54) is 0 Å². The fourth-order valence-electron chi connectivity index (χ4n) is 0.284. The summed E-state index contributed by atoms with van der Waals surface area (Å²) < 4.78 is 0.670. The summed E-state index contributed by atoms with van der Waals surface area (Å²) in [6, 6.07) is 0. The predicted molar refractivity (Wildman–Crippen MR) is 47.2 cm³/mol. The van der Waals surface area contributed by atoms with Gasteiger partial charge in [0.2, 0.25) is 0 Å². The van der Waals surface area contributed by atoms with Crippen LogP contribution in [0.15, 0.2) is 0 Å². The number of nitrogens with two attached hydrogens (primary N) is 1. The molecule has 0 saturated carbocycles. The van der Waals surface area contributed by atoms with Crippen LogP contribution in [0, 0.1) is 5.92 Å². The number of thioether (sulfide) groups is 1. The Labute approximate surface area is 65.5 Å². The predicted octanol–water partition coefficient (Wildman–Crippen LogP) is 1.12. The average Bonchev–Trinajstić information content (AvgIpc) is 1.83. The maximum absolute atomic E-state index is 5.05. The van der Waals surface area contributed by atoms with Gasteiger partial charge in [-0.05, 0) is 5.92 Å². The van der Waals surface area contributed by atoms with Crippen molar-refractivity contribution in [3.05, 3.63) is 0 Å². The molecule has 0 aliphatic carbocycles. The number of hydrogen-bond acceptors (Lipinski definition) is 3. The molecule has 0 aromatic heterocycles. The molecule has 0 fully saturated rings. The Morgan fingerprint density at radius 2 is 2.33 bits per heavy atom. The molecule has 0 aliphatic rings. The van der Waals surface area contributed by atoms with Crippen LogP contribution in [0.1, 0.15) is 13.8 Å². The smallest absolute Gasteiger partial charge is 0.147 e. The molecule has 3 N–H and O–H groups in total. The van der Waals surface area contributed by atoms with Crippen molar-refractivity contribution >= 4 is 28.3 Å². The van der Waals surface area contributed by atoms with E-state index < -0.39 is 0 Å². The van der Waals surface area contributed by atoms with Crippen molar-refractivity contribution in [2.24, 2.45) is 11.8 Å². The first-order valence-electron chi connectivity index (χ1n) is 2.80. The fourth-order valence-corrected chi connectivity index (χ4v) is 1.06. The lowest BCUT2D eigenvalue weighted by Gasteiger charge is -2.03. The highest BCUT2D eigenvalue weighted by Crippen LogP contribution is 2.07. The molecule has 0 radical (unpaired) electrons. The van der Waals surface area contributed by atoms with Gasteiger partial charge in [0.1, 0.15) is 4.32 Å². The Balaban J connectivity index is 3.17.